The summed E-state index contributed by atoms with van der Waals surface area (Å²) in [5.74, 6) is 0.438. The molecule has 0 aliphatic carbocycles. The molecule has 0 radical (unpaired) electrons. The summed E-state index contributed by atoms with van der Waals surface area (Å²) in [6.07, 6.45) is 1.23. The molecule has 12 heteroatoms. The first kappa shape index (κ1) is 22.6. The lowest BCUT2D eigenvalue weighted by Crippen LogP contribution is -2.07. The Labute approximate surface area is 201 Å². The molecular formula is C22H17BrN8O3. The molecule has 0 aliphatic rings. The number of hydrazone groups is 1. The number of benzene rings is 3. The molecular weight excluding hydrogens is 504 g/mol. The van der Waals surface area contributed by atoms with Crippen molar-refractivity contribution in [1.29, 1.82) is 0 Å². The smallest absolute Gasteiger partial charge is 0.271 e. The lowest BCUT2D eigenvalue weighted by atomic mass is 10.2. The molecule has 0 atom stereocenters. The molecule has 170 valence electrons. The zero-order chi connectivity index (χ0) is 23.9. The molecule has 11 nitrogen and oxygen atoms in total. The van der Waals surface area contributed by atoms with Crippen molar-refractivity contribution >= 4 is 57.1 Å². The van der Waals surface area contributed by atoms with Gasteiger partial charge >= 0.3 is 0 Å². The second-order valence-electron chi connectivity index (χ2n) is 6.78. The predicted molar refractivity (Wildman–Crippen MR) is 133 cm³/mol. The molecule has 0 spiro atoms. The largest absolute Gasteiger partial charge is 0.506 e. The zero-order valence-electron chi connectivity index (χ0n) is 17.4. The van der Waals surface area contributed by atoms with Crippen molar-refractivity contribution < 1.29 is 10.0 Å². The number of anilines is 5. The fourth-order valence-electron chi connectivity index (χ4n) is 2.81. The van der Waals surface area contributed by atoms with Gasteiger partial charge in [-0.25, -0.2) is 5.43 Å². The van der Waals surface area contributed by atoms with Gasteiger partial charge in [-0.1, -0.05) is 36.4 Å². The Morgan fingerprint density at radius 2 is 1.41 bits per heavy atom. The number of aromatic hydroxyl groups is 1. The lowest BCUT2D eigenvalue weighted by Gasteiger charge is -2.10. The predicted octanol–water partition coefficient (Wildman–Crippen LogP) is 5.18. The van der Waals surface area contributed by atoms with Crippen LogP contribution in [0, 0.1) is 10.1 Å². The van der Waals surface area contributed by atoms with Gasteiger partial charge in [-0.2, -0.15) is 20.1 Å². The number of nitro benzene ring substituents is 1. The fraction of sp³-hybridized carbons (Fsp3) is 0. The van der Waals surface area contributed by atoms with Crippen LogP contribution in [0.4, 0.5) is 34.9 Å². The Bertz CT molecular complexity index is 1280. The molecule has 1 heterocycles. The van der Waals surface area contributed by atoms with Gasteiger partial charge < -0.3 is 15.7 Å². The van der Waals surface area contributed by atoms with E-state index in [0.717, 1.165) is 11.4 Å². The SMILES string of the molecule is O=[N+]([O-])c1cc(Br)c(O)c(C=NNc2nc(Nc3ccccc3)nc(Nc3ccccc3)n2)c1. The first-order valence-corrected chi connectivity index (χ1v) is 10.6. The normalized spacial score (nSPS) is 10.7. The maximum Gasteiger partial charge on any atom is 0.271 e. The molecule has 4 aromatic rings. The van der Waals surface area contributed by atoms with Crippen molar-refractivity contribution in [3.05, 3.63) is 92.9 Å². The number of phenols is 1. The van der Waals surface area contributed by atoms with Crippen molar-refractivity contribution in [3.8, 4) is 5.75 Å². The molecule has 0 aliphatic heterocycles. The van der Waals surface area contributed by atoms with E-state index in [9.17, 15) is 15.2 Å². The van der Waals surface area contributed by atoms with Crippen LogP contribution in [0.5, 0.6) is 5.75 Å². The highest BCUT2D eigenvalue weighted by atomic mass is 79.9. The summed E-state index contributed by atoms with van der Waals surface area (Å²) in [7, 11) is 0. The van der Waals surface area contributed by atoms with E-state index in [1.165, 1.54) is 18.3 Å². The highest BCUT2D eigenvalue weighted by Gasteiger charge is 2.14. The summed E-state index contributed by atoms with van der Waals surface area (Å²) >= 11 is 3.10. The van der Waals surface area contributed by atoms with E-state index in [1.54, 1.807) is 0 Å². The van der Waals surface area contributed by atoms with Crippen LogP contribution in [0.15, 0.2) is 82.4 Å². The minimum Gasteiger partial charge on any atom is -0.506 e. The highest BCUT2D eigenvalue weighted by molar-refractivity contribution is 9.10. The number of non-ortho nitro benzene ring substituents is 1. The Morgan fingerprint density at radius 3 is 1.94 bits per heavy atom. The maximum absolute atomic E-state index is 11.1. The van der Waals surface area contributed by atoms with E-state index in [0.29, 0.717) is 0 Å². The minimum atomic E-state index is -0.565. The quantitative estimate of drug-likeness (QED) is 0.140. The van der Waals surface area contributed by atoms with E-state index in [1.807, 2.05) is 60.7 Å². The van der Waals surface area contributed by atoms with Crippen LogP contribution < -0.4 is 16.1 Å². The Morgan fingerprint density at radius 1 is 0.882 bits per heavy atom. The van der Waals surface area contributed by atoms with Crippen LogP contribution >= 0.6 is 15.9 Å². The van der Waals surface area contributed by atoms with Gasteiger partial charge in [0, 0.05) is 29.1 Å². The summed E-state index contributed by atoms with van der Waals surface area (Å²) in [5.41, 5.74) is 4.16. The molecule has 0 saturated heterocycles. The number of nitro groups is 1. The monoisotopic (exact) mass is 520 g/mol. The number of nitrogens with one attached hydrogen (secondary N) is 3. The number of aromatic nitrogens is 3. The summed E-state index contributed by atoms with van der Waals surface area (Å²) < 4.78 is 0.173. The van der Waals surface area contributed by atoms with Crippen molar-refractivity contribution in [2.24, 2.45) is 5.10 Å². The van der Waals surface area contributed by atoms with Crippen LogP contribution in [0.2, 0.25) is 0 Å². The van der Waals surface area contributed by atoms with Gasteiger partial charge in [0.25, 0.3) is 5.69 Å². The zero-order valence-corrected chi connectivity index (χ0v) is 19.0. The minimum absolute atomic E-state index is 0.104. The number of para-hydroxylation sites is 2. The van der Waals surface area contributed by atoms with Crippen molar-refractivity contribution in [2.75, 3.05) is 16.1 Å². The summed E-state index contributed by atoms with van der Waals surface area (Å²) in [5, 5.41) is 31.5. The summed E-state index contributed by atoms with van der Waals surface area (Å²) in [6.45, 7) is 0. The second-order valence-corrected chi connectivity index (χ2v) is 7.64. The van der Waals surface area contributed by atoms with Crippen LogP contribution in [-0.2, 0) is 0 Å². The van der Waals surface area contributed by atoms with Gasteiger partial charge in [0.1, 0.15) is 5.75 Å². The number of nitrogens with zero attached hydrogens (tertiary/aromatic N) is 5. The van der Waals surface area contributed by atoms with Gasteiger partial charge in [0.15, 0.2) is 0 Å². The van der Waals surface area contributed by atoms with E-state index >= 15 is 0 Å². The number of rotatable bonds is 8. The Balaban J connectivity index is 1.60. The molecule has 4 N–H and O–H groups in total. The second kappa shape index (κ2) is 10.4. The Hall–Kier alpha value is -4.58. The van der Waals surface area contributed by atoms with Crippen molar-refractivity contribution in [2.45, 2.75) is 0 Å². The molecule has 0 saturated carbocycles. The average molecular weight is 521 g/mol. The van der Waals surface area contributed by atoms with E-state index in [2.05, 4.69) is 52.0 Å². The molecule has 0 amide bonds. The molecule has 34 heavy (non-hydrogen) atoms. The average Bonchev–Trinajstić information content (AvgIpc) is 2.83. The molecule has 0 unspecified atom stereocenters. The number of hydrogen-bond donors (Lipinski definition) is 4. The van der Waals surface area contributed by atoms with Gasteiger partial charge in [0.05, 0.1) is 15.6 Å². The van der Waals surface area contributed by atoms with Gasteiger partial charge in [-0.3, -0.25) is 10.1 Å². The van der Waals surface area contributed by atoms with E-state index in [4.69, 9.17) is 0 Å². The summed E-state index contributed by atoms with van der Waals surface area (Å²) in [4.78, 5) is 23.5. The van der Waals surface area contributed by atoms with Crippen LogP contribution in [-0.4, -0.2) is 31.2 Å². The molecule has 4 rings (SSSR count). The standard InChI is InChI=1S/C22H17BrN8O3/c23-18-12-17(31(33)34)11-14(19(18)32)13-24-30-22-28-20(25-15-7-3-1-4-8-15)27-21(29-22)26-16-9-5-2-6-10-16/h1-13,32H,(H3,25,26,27,28,29,30). The van der Waals surface area contributed by atoms with Crippen LogP contribution in [0.1, 0.15) is 5.56 Å². The topological polar surface area (TPSA) is 150 Å². The lowest BCUT2D eigenvalue weighted by molar-refractivity contribution is -0.385. The van der Waals surface area contributed by atoms with E-state index < -0.39 is 4.92 Å². The number of halogens is 1. The van der Waals surface area contributed by atoms with Crippen molar-refractivity contribution in [3.63, 3.8) is 0 Å². The molecule has 1 aromatic heterocycles. The molecule has 3 aromatic carbocycles. The van der Waals surface area contributed by atoms with Crippen LogP contribution in [0.25, 0.3) is 0 Å². The van der Waals surface area contributed by atoms with Gasteiger partial charge in [-0.05, 0) is 40.2 Å². The van der Waals surface area contributed by atoms with Gasteiger partial charge in [-0.15, -0.1) is 0 Å². The Kier molecular flexibility index (Phi) is 6.89. The third-order valence-electron chi connectivity index (χ3n) is 4.35. The summed E-state index contributed by atoms with van der Waals surface area (Å²) in [6, 6.07) is 21.1. The fourth-order valence-corrected chi connectivity index (χ4v) is 3.27. The van der Waals surface area contributed by atoms with Gasteiger partial charge in [0.2, 0.25) is 17.8 Å². The van der Waals surface area contributed by atoms with Crippen LogP contribution in [0.3, 0.4) is 0 Å². The molecule has 0 bridgehead atoms. The van der Waals surface area contributed by atoms with Crippen molar-refractivity contribution in [1.82, 2.24) is 15.0 Å². The third kappa shape index (κ3) is 5.81. The van der Waals surface area contributed by atoms with E-state index in [-0.39, 0.29) is 39.3 Å². The first-order chi connectivity index (χ1) is 16.5. The molecule has 0 fully saturated rings. The number of phenolic OH excluding ortho intramolecular Hbond substituents is 1. The number of hydrogen-bond acceptors (Lipinski definition) is 10. The first-order valence-electron chi connectivity index (χ1n) is 9.84. The highest BCUT2D eigenvalue weighted by Crippen LogP contribution is 2.31. The third-order valence-corrected chi connectivity index (χ3v) is 4.96. The maximum atomic E-state index is 11.1.